The SMILES string of the molecule is C[C@H](Nc1ncnc2[nH]ccc(=O)c12)c1c(Cl)c2cccc(-c3ccccc3)c2c(=O)n1-c1ccccc1. The number of para-hydroxylation sites is 1. The Balaban J connectivity index is 1.62. The molecule has 0 aliphatic carbocycles. The van der Waals surface area contributed by atoms with Crippen LogP contribution in [0.3, 0.4) is 0 Å². The average Bonchev–Trinajstić information content (AvgIpc) is 2.95. The largest absolute Gasteiger partial charge is 0.361 e. The summed E-state index contributed by atoms with van der Waals surface area (Å²) in [6.07, 6.45) is 2.92. The van der Waals surface area contributed by atoms with E-state index in [-0.39, 0.29) is 11.0 Å². The van der Waals surface area contributed by atoms with Gasteiger partial charge >= 0.3 is 0 Å². The van der Waals surface area contributed by atoms with Gasteiger partial charge in [0, 0.05) is 23.3 Å². The number of aromatic amines is 1. The Morgan fingerprint density at radius 3 is 2.37 bits per heavy atom. The van der Waals surface area contributed by atoms with Crippen molar-refractivity contribution >= 4 is 39.2 Å². The van der Waals surface area contributed by atoms with Crippen molar-refractivity contribution in [3.63, 3.8) is 0 Å². The lowest BCUT2D eigenvalue weighted by atomic mass is 9.97. The molecule has 0 saturated carbocycles. The van der Waals surface area contributed by atoms with Gasteiger partial charge in [-0.3, -0.25) is 14.2 Å². The van der Waals surface area contributed by atoms with Crippen LogP contribution in [-0.4, -0.2) is 19.5 Å². The number of hydrogen-bond acceptors (Lipinski definition) is 5. The summed E-state index contributed by atoms with van der Waals surface area (Å²) in [7, 11) is 0. The van der Waals surface area contributed by atoms with E-state index in [1.807, 2.05) is 85.8 Å². The van der Waals surface area contributed by atoms with Crippen LogP contribution in [0.4, 0.5) is 5.82 Å². The zero-order chi connectivity index (χ0) is 26.2. The molecule has 38 heavy (non-hydrogen) atoms. The lowest BCUT2D eigenvalue weighted by molar-refractivity contribution is 0.774. The zero-order valence-electron chi connectivity index (χ0n) is 20.4. The van der Waals surface area contributed by atoms with E-state index in [1.165, 1.54) is 12.4 Å². The van der Waals surface area contributed by atoms with E-state index in [4.69, 9.17) is 11.6 Å². The highest BCUT2D eigenvalue weighted by molar-refractivity contribution is 6.36. The Morgan fingerprint density at radius 1 is 0.868 bits per heavy atom. The van der Waals surface area contributed by atoms with Crippen LogP contribution in [0.5, 0.6) is 0 Å². The van der Waals surface area contributed by atoms with Gasteiger partial charge in [0.15, 0.2) is 5.43 Å². The van der Waals surface area contributed by atoms with Crippen molar-refractivity contribution in [3.05, 3.63) is 129 Å². The van der Waals surface area contributed by atoms with Crippen molar-refractivity contribution in [2.75, 3.05) is 5.32 Å². The second-order valence-corrected chi connectivity index (χ2v) is 9.30. The number of benzene rings is 3. The molecule has 0 saturated heterocycles. The van der Waals surface area contributed by atoms with Gasteiger partial charge in [0.05, 0.1) is 22.1 Å². The Hall–Kier alpha value is -4.75. The number of H-pyrrole nitrogens is 1. The number of aromatic nitrogens is 4. The van der Waals surface area contributed by atoms with Crippen LogP contribution in [0, 0.1) is 0 Å². The highest BCUT2D eigenvalue weighted by Crippen LogP contribution is 2.36. The molecule has 8 heteroatoms. The van der Waals surface area contributed by atoms with Gasteiger partial charge in [-0.2, -0.15) is 0 Å². The minimum Gasteiger partial charge on any atom is -0.361 e. The van der Waals surface area contributed by atoms with Crippen molar-refractivity contribution in [1.82, 2.24) is 19.5 Å². The van der Waals surface area contributed by atoms with Gasteiger partial charge in [-0.25, -0.2) is 9.97 Å². The third-order valence-electron chi connectivity index (χ3n) is 6.59. The summed E-state index contributed by atoms with van der Waals surface area (Å²) in [6, 6.07) is 25.8. The predicted octanol–water partition coefficient (Wildman–Crippen LogP) is 6.12. The van der Waals surface area contributed by atoms with Crippen molar-refractivity contribution in [2.45, 2.75) is 13.0 Å². The Morgan fingerprint density at radius 2 is 1.61 bits per heavy atom. The van der Waals surface area contributed by atoms with E-state index in [1.54, 1.807) is 10.8 Å². The van der Waals surface area contributed by atoms with E-state index in [0.29, 0.717) is 44.0 Å². The van der Waals surface area contributed by atoms with Crippen LogP contribution >= 0.6 is 11.6 Å². The minimum atomic E-state index is -0.502. The molecule has 2 N–H and O–H groups in total. The number of fused-ring (bicyclic) bond motifs is 2. The van der Waals surface area contributed by atoms with Crippen molar-refractivity contribution in [2.24, 2.45) is 0 Å². The lowest BCUT2D eigenvalue weighted by Gasteiger charge is -2.24. The maximum absolute atomic E-state index is 14.3. The molecule has 0 radical (unpaired) electrons. The standard InChI is InChI=1S/C30H22ClN5O2/c1-18(35-29-25-23(37)15-16-32-28(25)33-17-34-29)27-26(31)22-14-8-13-21(19-9-4-2-5-10-19)24(22)30(38)36(27)20-11-6-3-7-12-20/h2-18H,1H3,(H2,32,33,34,35,37)/t18-/m0/s1. The van der Waals surface area contributed by atoms with E-state index in [9.17, 15) is 9.59 Å². The Bertz CT molecular complexity index is 1910. The summed E-state index contributed by atoms with van der Waals surface area (Å²) >= 11 is 7.14. The monoisotopic (exact) mass is 519 g/mol. The van der Waals surface area contributed by atoms with Gasteiger partial charge in [0.1, 0.15) is 23.2 Å². The molecule has 3 heterocycles. The normalized spacial score (nSPS) is 12.1. The topological polar surface area (TPSA) is 92.7 Å². The molecule has 0 aliphatic rings. The molecule has 6 rings (SSSR count). The molecular formula is C30H22ClN5O2. The Kier molecular flexibility index (Phi) is 5.98. The number of pyridine rings is 2. The van der Waals surface area contributed by atoms with E-state index in [0.717, 1.165) is 11.1 Å². The first kappa shape index (κ1) is 23.6. The summed E-state index contributed by atoms with van der Waals surface area (Å²) in [5, 5.41) is 5.27. The summed E-state index contributed by atoms with van der Waals surface area (Å²) in [5.74, 6) is 0.352. The molecule has 0 bridgehead atoms. The molecule has 3 aromatic carbocycles. The summed E-state index contributed by atoms with van der Waals surface area (Å²) in [4.78, 5) is 38.4. The van der Waals surface area contributed by atoms with Gasteiger partial charge in [0.25, 0.3) is 5.56 Å². The van der Waals surface area contributed by atoms with Crippen molar-refractivity contribution < 1.29 is 0 Å². The maximum Gasteiger partial charge on any atom is 0.263 e. The van der Waals surface area contributed by atoms with Gasteiger partial charge in [-0.1, -0.05) is 78.3 Å². The van der Waals surface area contributed by atoms with Crippen LogP contribution in [0.2, 0.25) is 5.02 Å². The highest BCUT2D eigenvalue weighted by Gasteiger charge is 2.24. The molecule has 1 atom stereocenters. The van der Waals surface area contributed by atoms with Gasteiger partial charge in [0.2, 0.25) is 0 Å². The van der Waals surface area contributed by atoms with Crippen LogP contribution in [0.25, 0.3) is 38.6 Å². The quantitative estimate of drug-likeness (QED) is 0.286. The number of nitrogens with one attached hydrogen (secondary N) is 2. The molecule has 0 amide bonds. The second kappa shape index (κ2) is 9.61. The molecule has 6 aromatic rings. The molecule has 7 nitrogen and oxygen atoms in total. The van der Waals surface area contributed by atoms with Crippen LogP contribution < -0.4 is 16.3 Å². The summed E-state index contributed by atoms with van der Waals surface area (Å²) in [5.41, 5.74) is 2.98. The van der Waals surface area contributed by atoms with Crippen LogP contribution in [0.15, 0.2) is 107 Å². The van der Waals surface area contributed by atoms with Crippen molar-refractivity contribution in [1.29, 1.82) is 0 Å². The van der Waals surface area contributed by atoms with Gasteiger partial charge < -0.3 is 10.3 Å². The fraction of sp³-hybridized carbons (Fsp3) is 0.0667. The smallest absolute Gasteiger partial charge is 0.263 e. The molecule has 0 unspecified atom stereocenters. The second-order valence-electron chi connectivity index (χ2n) is 8.92. The predicted molar refractivity (Wildman–Crippen MR) is 152 cm³/mol. The maximum atomic E-state index is 14.3. The van der Waals surface area contributed by atoms with E-state index in [2.05, 4.69) is 20.3 Å². The van der Waals surface area contributed by atoms with Gasteiger partial charge in [-0.05, 0) is 30.2 Å². The third-order valence-corrected chi connectivity index (χ3v) is 6.99. The molecule has 0 spiro atoms. The average molecular weight is 520 g/mol. The number of halogens is 1. The molecule has 0 fully saturated rings. The zero-order valence-corrected chi connectivity index (χ0v) is 21.1. The Labute approximate surface area is 222 Å². The van der Waals surface area contributed by atoms with E-state index >= 15 is 0 Å². The minimum absolute atomic E-state index is 0.191. The molecular weight excluding hydrogens is 498 g/mol. The van der Waals surface area contributed by atoms with Crippen LogP contribution in [-0.2, 0) is 0 Å². The van der Waals surface area contributed by atoms with Crippen molar-refractivity contribution in [3.8, 4) is 16.8 Å². The number of anilines is 1. The number of rotatable bonds is 5. The van der Waals surface area contributed by atoms with E-state index < -0.39 is 6.04 Å². The summed E-state index contributed by atoms with van der Waals surface area (Å²) < 4.78 is 1.64. The first-order valence-corrected chi connectivity index (χ1v) is 12.5. The fourth-order valence-corrected chi connectivity index (χ4v) is 5.29. The fourth-order valence-electron chi connectivity index (χ4n) is 4.89. The highest BCUT2D eigenvalue weighted by atomic mass is 35.5. The summed E-state index contributed by atoms with van der Waals surface area (Å²) in [6.45, 7) is 1.89. The lowest BCUT2D eigenvalue weighted by Crippen LogP contribution is -2.27. The number of hydrogen-bond donors (Lipinski definition) is 2. The molecule has 3 aromatic heterocycles. The molecule has 186 valence electrons. The number of nitrogens with zero attached hydrogens (tertiary/aromatic N) is 3. The first-order chi connectivity index (χ1) is 18.5. The first-order valence-electron chi connectivity index (χ1n) is 12.1. The third kappa shape index (κ3) is 3.93. The van der Waals surface area contributed by atoms with Gasteiger partial charge in [-0.15, -0.1) is 0 Å². The molecule has 0 aliphatic heterocycles. The van der Waals surface area contributed by atoms with Crippen LogP contribution in [0.1, 0.15) is 18.7 Å².